The molecule has 0 bridgehead atoms. The molecular weight excluding hydrogens is 186 g/mol. The molecule has 0 spiro atoms. The monoisotopic (exact) mass is 201 g/mol. The Hall–Kier alpha value is -1.57. The Kier molecular flexibility index (Phi) is 2.86. The van der Waals surface area contributed by atoms with Gasteiger partial charge in [0.15, 0.2) is 0 Å². The van der Waals surface area contributed by atoms with Crippen molar-refractivity contribution in [3.05, 3.63) is 42.1 Å². The van der Waals surface area contributed by atoms with Crippen molar-refractivity contribution in [3.8, 4) is 0 Å². The summed E-state index contributed by atoms with van der Waals surface area (Å²) in [4.78, 5) is 13.5. The summed E-state index contributed by atoms with van der Waals surface area (Å²) in [5.41, 5.74) is 2.31. The zero-order valence-electron chi connectivity index (χ0n) is 8.94. The molecule has 0 unspecified atom stereocenters. The van der Waals surface area contributed by atoms with Crippen LogP contribution >= 0.6 is 0 Å². The number of anilines is 1. The number of amides is 1. The van der Waals surface area contributed by atoms with Crippen LogP contribution in [0.3, 0.4) is 0 Å². The molecule has 78 valence electrons. The van der Waals surface area contributed by atoms with Crippen LogP contribution in [0, 0.1) is 0 Å². The number of nitrogens with zero attached hydrogens (tertiary/aromatic N) is 1. The first kappa shape index (κ1) is 9.97. The second kappa shape index (κ2) is 4.30. The van der Waals surface area contributed by atoms with Gasteiger partial charge in [0.1, 0.15) is 0 Å². The molecule has 0 saturated heterocycles. The van der Waals surface area contributed by atoms with Crippen LogP contribution < -0.4 is 4.90 Å². The number of carbonyl (C=O) groups excluding carboxylic acids is 1. The van der Waals surface area contributed by atoms with Crippen molar-refractivity contribution in [2.45, 2.75) is 26.2 Å². The molecule has 2 rings (SSSR count). The van der Waals surface area contributed by atoms with E-state index in [0.29, 0.717) is 6.42 Å². The van der Waals surface area contributed by atoms with E-state index in [-0.39, 0.29) is 5.91 Å². The normalized spacial score (nSPS) is 16.5. The molecule has 2 nitrogen and oxygen atoms in total. The number of para-hydroxylation sites is 1. The van der Waals surface area contributed by atoms with Gasteiger partial charge in [0, 0.05) is 18.3 Å². The van der Waals surface area contributed by atoms with E-state index >= 15 is 0 Å². The minimum Gasteiger partial charge on any atom is -0.288 e. The fourth-order valence-electron chi connectivity index (χ4n) is 1.78. The Bertz CT molecular complexity index is 381. The smallest absolute Gasteiger partial charge is 0.231 e. The van der Waals surface area contributed by atoms with Crippen LogP contribution in [0.1, 0.15) is 26.2 Å². The third kappa shape index (κ3) is 2.09. The standard InChI is InChI=1S/C13H15NO/c1-2-11-8-9-13(15)14(10-11)12-6-4-3-5-7-12/h3-7,10H,2,8-9H2,1H3. The van der Waals surface area contributed by atoms with Crippen molar-refractivity contribution in [2.75, 3.05) is 4.90 Å². The van der Waals surface area contributed by atoms with Crippen LogP contribution in [0.5, 0.6) is 0 Å². The third-order valence-electron chi connectivity index (χ3n) is 2.73. The van der Waals surface area contributed by atoms with Gasteiger partial charge >= 0.3 is 0 Å². The van der Waals surface area contributed by atoms with E-state index in [1.807, 2.05) is 36.5 Å². The SMILES string of the molecule is CCC1=CN(c2ccccc2)C(=O)CC1. The molecule has 0 aromatic heterocycles. The van der Waals surface area contributed by atoms with Crippen molar-refractivity contribution in [1.29, 1.82) is 0 Å². The van der Waals surface area contributed by atoms with E-state index < -0.39 is 0 Å². The highest BCUT2D eigenvalue weighted by atomic mass is 16.2. The number of allylic oxidation sites excluding steroid dienone is 1. The van der Waals surface area contributed by atoms with Gasteiger partial charge in [-0.15, -0.1) is 0 Å². The first-order chi connectivity index (χ1) is 7.31. The van der Waals surface area contributed by atoms with Crippen molar-refractivity contribution < 1.29 is 4.79 Å². The summed E-state index contributed by atoms with van der Waals surface area (Å²) in [6, 6.07) is 9.80. The molecular formula is C13H15NO. The maximum atomic E-state index is 11.7. The van der Waals surface area contributed by atoms with Gasteiger partial charge in [-0.25, -0.2) is 0 Å². The average molecular weight is 201 g/mol. The second-order valence-corrected chi connectivity index (χ2v) is 3.74. The lowest BCUT2D eigenvalue weighted by Crippen LogP contribution is -2.28. The molecule has 0 radical (unpaired) electrons. The highest BCUT2D eigenvalue weighted by Crippen LogP contribution is 2.24. The van der Waals surface area contributed by atoms with Gasteiger partial charge in [0.05, 0.1) is 0 Å². The number of carbonyl (C=O) groups is 1. The Morgan fingerprint density at radius 2 is 1.93 bits per heavy atom. The molecule has 1 aliphatic rings. The Morgan fingerprint density at radius 1 is 1.20 bits per heavy atom. The van der Waals surface area contributed by atoms with Gasteiger partial charge in [-0.3, -0.25) is 9.69 Å². The average Bonchev–Trinajstić information content (AvgIpc) is 2.31. The molecule has 0 atom stereocenters. The Morgan fingerprint density at radius 3 is 2.60 bits per heavy atom. The highest BCUT2D eigenvalue weighted by Gasteiger charge is 2.18. The van der Waals surface area contributed by atoms with Crippen molar-refractivity contribution in [2.24, 2.45) is 0 Å². The van der Waals surface area contributed by atoms with Crippen LogP contribution in [0.4, 0.5) is 5.69 Å². The summed E-state index contributed by atoms with van der Waals surface area (Å²) in [5, 5.41) is 0. The van der Waals surface area contributed by atoms with Crippen molar-refractivity contribution in [1.82, 2.24) is 0 Å². The first-order valence-electron chi connectivity index (χ1n) is 5.38. The van der Waals surface area contributed by atoms with Gasteiger partial charge in [-0.1, -0.05) is 30.7 Å². The maximum absolute atomic E-state index is 11.7. The molecule has 0 N–H and O–H groups in total. The number of hydrogen-bond acceptors (Lipinski definition) is 1. The summed E-state index contributed by atoms with van der Waals surface area (Å²) >= 11 is 0. The van der Waals surface area contributed by atoms with E-state index in [1.54, 1.807) is 4.90 Å². The minimum absolute atomic E-state index is 0.193. The maximum Gasteiger partial charge on any atom is 0.231 e. The lowest BCUT2D eigenvalue weighted by Gasteiger charge is -2.24. The molecule has 0 fully saturated rings. The molecule has 1 heterocycles. The molecule has 1 amide bonds. The second-order valence-electron chi connectivity index (χ2n) is 3.74. The summed E-state index contributed by atoms with van der Waals surface area (Å²) in [6.45, 7) is 2.13. The summed E-state index contributed by atoms with van der Waals surface area (Å²) in [6.07, 6.45) is 4.56. The molecule has 1 aliphatic heterocycles. The van der Waals surface area contributed by atoms with Gasteiger partial charge in [0.25, 0.3) is 0 Å². The highest BCUT2D eigenvalue weighted by molar-refractivity contribution is 5.96. The summed E-state index contributed by atoms with van der Waals surface area (Å²) in [7, 11) is 0. The quantitative estimate of drug-likeness (QED) is 0.720. The molecule has 2 heteroatoms. The third-order valence-corrected chi connectivity index (χ3v) is 2.73. The number of hydrogen-bond donors (Lipinski definition) is 0. The summed E-state index contributed by atoms with van der Waals surface area (Å²) in [5.74, 6) is 0.193. The zero-order chi connectivity index (χ0) is 10.7. The van der Waals surface area contributed by atoms with E-state index in [9.17, 15) is 4.79 Å². The molecule has 0 aliphatic carbocycles. The van der Waals surface area contributed by atoms with E-state index in [2.05, 4.69) is 6.92 Å². The first-order valence-corrected chi connectivity index (χ1v) is 5.38. The van der Waals surface area contributed by atoms with Crippen LogP contribution in [-0.2, 0) is 4.79 Å². The Labute approximate surface area is 90.2 Å². The topological polar surface area (TPSA) is 20.3 Å². The molecule has 15 heavy (non-hydrogen) atoms. The lowest BCUT2D eigenvalue weighted by atomic mass is 10.0. The molecule has 0 saturated carbocycles. The van der Waals surface area contributed by atoms with Gasteiger partial charge in [-0.2, -0.15) is 0 Å². The van der Waals surface area contributed by atoms with Crippen LogP contribution in [-0.4, -0.2) is 5.91 Å². The lowest BCUT2D eigenvalue weighted by molar-refractivity contribution is -0.118. The predicted octanol–water partition coefficient (Wildman–Crippen LogP) is 3.11. The van der Waals surface area contributed by atoms with Gasteiger partial charge in [0.2, 0.25) is 5.91 Å². The van der Waals surface area contributed by atoms with Crippen LogP contribution in [0.25, 0.3) is 0 Å². The van der Waals surface area contributed by atoms with Crippen LogP contribution in [0.2, 0.25) is 0 Å². The summed E-state index contributed by atoms with van der Waals surface area (Å²) < 4.78 is 0. The predicted molar refractivity (Wildman–Crippen MR) is 61.5 cm³/mol. The fraction of sp³-hybridized carbons (Fsp3) is 0.308. The number of rotatable bonds is 2. The minimum atomic E-state index is 0.193. The van der Waals surface area contributed by atoms with Crippen molar-refractivity contribution in [3.63, 3.8) is 0 Å². The Balaban J connectivity index is 2.31. The molecule has 1 aromatic rings. The molecule has 1 aromatic carbocycles. The van der Waals surface area contributed by atoms with Crippen LogP contribution in [0.15, 0.2) is 42.1 Å². The van der Waals surface area contributed by atoms with E-state index in [0.717, 1.165) is 18.5 Å². The van der Waals surface area contributed by atoms with Gasteiger partial charge in [-0.05, 0) is 25.0 Å². The van der Waals surface area contributed by atoms with E-state index in [4.69, 9.17) is 0 Å². The largest absolute Gasteiger partial charge is 0.288 e. The van der Waals surface area contributed by atoms with Crippen molar-refractivity contribution >= 4 is 11.6 Å². The number of benzene rings is 1. The fourth-order valence-corrected chi connectivity index (χ4v) is 1.78. The van der Waals surface area contributed by atoms with E-state index in [1.165, 1.54) is 5.57 Å². The zero-order valence-corrected chi connectivity index (χ0v) is 8.94. The van der Waals surface area contributed by atoms with Gasteiger partial charge < -0.3 is 0 Å².